The number of nitrogens with zero attached hydrogens (tertiary/aromatic N) is 4. The lowest BCUT2D eigenvalue weighted by molar-refractivity contribution is 0.565. The van der Waals surface area contributed by atoms with Crippen LogP contribution < -0.4 is 5.56 Å². The molecule has 3 aromatic heterocycles. The molecule has 0 saturated heterocycles. The molecule has 0 saturated carbocycles. The second-order valence-corrected chi connectivity index (χ2v) is 6.90. The Labute approximate surface area is 155 Å². The topological polar surface area (TPSA) is 68.0 Å². The van der Waals surface area contributed by atoms with Crippen LogP contribution in [0.15, 0.2) is 53.7 Å². The van der Waals surface area contributed by atoms with E-state index in [2.05, 4.69) is 23.9 Å². The summed E-state index contributed by atoms with van der Waals surface area (Å²) >= 11 is 0. The molecule has 4 rings (SSSR count). The number of H-pyrrole nitrogens is 1. The molecular weight excluding hydrogens is 345 g/mol. The third-order valence-corrected chi connectivity index (χ3v) is 4.73. The first-order valence-corrected chi connectivity index (χ1v) is 8.85. The predicted octanol–water partition coefficient (Wildman–Crippen LogP) is 3.76. The average molecular weight is 365 g/mol. The molecule has 0 aliphatic heterocycles. The van der Waals surface area contributed by atoms with Crippen LogP contribution in [0.25, 0.3) is 16.8 Å². The zero-order valence-electron chi connectivity index (χ0n) is 15.3. The van der Waals surface area contributed by atoms with Crippen molar-refractivity contribution in [2.45, 2.75) is 32.7 Å². The minimum absolute atomic E-state index is 0.140. The van der Waals surface area contributed by atoms with E-state index < -0.39 is 0 Å². The van der Waals surface area contributed by atoms with Gasteiger partial charge in [0.15, 0.2) is 5.65 Å². The normalized spacial score (nSPS) is 12.8. The molecule has 4 aromatic rings. The Morgan fingerprint density at radius 1 is 1.15 bits per heavy atom. The minimum Gasteiger partial charge on any atom is -0.326 e. The number of nitrogens with one attached hydrogen (secondary N) is 1. The Balaban J connectivity index is 1.85. The smallest absolute Gasteiger partial charge is 0.272 e. The lowest BCUT2D eigenvalue weighted by atomic mass is 10.1. The predicted molar refractivity (Wildman–Crippen MR) is 101 cm³/mol. The summed E-state index contributed by atoms with van der Waals surface area (Å²) < 4.78 is 16.7. The molecule has 0 radical (unpaired) electrons. The molecule has 1 unspecified atom stereocenters. The minimum atomic E-state index is -0.306. The van der Waals surface area contributed by atoms with E-state index in [9.17, 15) is 9.18 Å². The Morgan fingerprint density at radius 3 is 2.59 bits per heavy atom. The summed E-state index contributed by atoms with van der Waals surface area (Å²) in [5, 5.41) is 2.93. The second-order valence-electron chi connectivity index (χ2n) is 6.90. The van der Waals surface area contributed by atoms with Gasteiger partial charge >= 0.3 is 0 Å². The number of aromatic nitrogens is 5. The number of hydrogen-bond donors (Lipinski definition) is 1. The van der Waals surface area contributed by atoms with Gasteiger partial charge in [-0.3, -0.25) is 9.89 Å². The van der Waals surface area contributed by atoms with E-state index in [0.29, 0.717) is 11.3 Å². The van der Waals surface area contributed by atoms with Crippen LogP contribution in [0.5, 0.6) is 0 Å². The molecule has 0 bridgehead atoms. The first-order valence-electron chi connectivity index (χ1n) is 8.85. The fraction of sp³-hybridized carbons (Fsp3) is 0.250. The zero-order valence-corrected chi connectivity index (χ0v) is 15.3. The van der Waals surface area contributed by atoms with Gasteiger partial charge in [-0.2, -0.15) is 0 Å². The molecule has 138 valence electrons. The van der Waals surface area contributed by atoms with E-state index in [1.165, 1.54) is 22.7 Å². The number of imidazole rings is 1. The number of rotatable bonds is 4. The van der Waals surface area contributed by atoms with Crippen molar-refractivity contribution in [1.29, 1.82) is 0 Å². The highest BCUT2D eigenvalue weighted by Gasteiger charge is 2.18. The highest BCUT2D eigenvalue weighted by atomic mass is 19.1. The molecule has 0 aliphatic carbocycles. The van der Waals surface area contributed by atoms with E-state index in [-0.39, 0.29) is 23.3 Å². The van der Waals surface area contributed by atoms with Crippen LogP contribution in [0.3, 0.4) is 0 Å². The van der Waals surface area contributed by atoms with Gasteiger partial charge in [-0.25, -0.2) is 18.9 Å². The highest BCUT2D eigenvalue weighted by Crippen LogP contribution is 2.25. The highest BCUT2D eigenvalue weighted by molar-refractivity contribution is 5.76. The summed E-state index contributed by atoms with van der Waals surface area (Å²) in [5.74, 6) is 0.894. The number of halogens is 1. The summed E-state index contributed by atoms with van der Waals surface area (Å²) in [6.45, 7) is 6.15. The summed E-state index contributed by atoms with van der Waals surface area (Å²) in [7, 11) is 0. The van der Waals surface area contributed by atoms with Crippen molar-refractivity contribution >= 4 is 5.65 Å². The second kappa shape index (κ2) is 6.50. The molecule has 0 aliphatic rings. The van der Waals surface area contributed by atoms with Gasteiger partial charge in [0.25, 0.3) is 5.56 Å². The molecule has 1 atom stereocenters. The van der Waals surface area contributed by atoms with Crippen molar-refractivity contribution in [2.24, 2.45) is 0 Å². The van der Waals surface area contributed by atoms with Gasteiger partial charge in [0, 0.05) is 36.1 Å². The Kier molecular flexibility index (Phi) is 4.14. The standard InChI is InChI=1S/C20H20FN5O/c1-12(2)19-22-8-9-25(19)13(3)17-10-18(27)26-20(24-17)16(11-23-26)14-4-6-15(21)7-5-14/h4-13,23H,1-3H3. The van der Waals surface area contributed by atoms with Crippen LogP contribution in [0.4, 0.5) is 4.39 Å². The number of aromatic amines is 1. The first-order chi connectivity index (χ1) is 13.0. The van der Waals surface area contributed by atoms with Crippen molar-refractivity contribution in [3.8, 4) is 11.1 Å². The fourth-order valence-electron chi connectivity index (χ4n) is 3.30. The zero-order chi connectivity index (χ0) is 19.1. The van der Waals surface area contributed by atoms with E-state index in [4.69, 9.17) is 4.98 Å². The Bertz CT molecular complexity index is 1150. The Hall–Kier alpha value is -3.22. The summed E-state index contributed by atoms with van der Waals surface area (Å²) in [6.07, 6.45) is 5.38. The van der Waals surface area contributed by atoms with Gasteiger partial charge in [0.05, 0.1) is 11.7 Å². The molecule has 0 fully saturated rings. The van der Waals surface area contributed by atoms with Crippen molar-refractivity contribution < 1.29 is 4.39 Å². The summed E-state index contributed by atoms with van der Waals surface area (Å²) in [5.41, 5.74) is 2.51. The third kappa shape index (κ3) is 2.95. The van der Waals surface area contributed by atoms with Crippen molar-refractivity contribution in [2.75, 3.05) is 0 Å². The van der Waals surface area contributed by atoms with E-state index in [1.54, 1.807) is 24.5 Å². The molecule has 1 N–H and O–H groups in total. The fourth-order valence-corrected chi connectivity index (χ4v) is 3.30. The number of fused-ring (bicyclic) bond motifs is 1. The van der Waals surface area contributed by atoms with E-state index in [0.717, 1.165) is 17.0 Å². The molecule has 1 aromatic carbocycles. The van der Waals surface area contributed by atoms with Crippen LogP contribution in [0, 0.1) is 5.82 Å². The SMILES string of the molecule is CC(C)c1nccn1C(C)c1cc(=O)n2[nH]cc(-c3ccc(F)cc3)c2n1. The molecule has 0 amide bonds. The summed E-state index contributed by atoms with van der Waals surface area (Å²) in [6, 6.07) is 7.53. The first kappa shape index (κ1) is 17.2. The maximum atomic E-state index is 13.2. The lowest BCUT2D eigenvalue weighted by Gasteiger charge is -2.17. The van der Waals surface area contributed by atoms with Crippen LogP contribution in [-0.4, -0.2) is 24.1 Å². The maximum absolute atomic E-state index is 13.2. The third-order valence-electron chi connectivity index (χ3n) is 4.73. The largest absolute Gasteiger partial charge is 0.326 e. The maximum Gasteiger partial charge on any atom is 0.272 e. The van der Waals surface area contributed by atoms with Gasteiger partial charge in [-0.15, -0.1) is 0 Å². The van der Waals surface area contributed by atoms with Crippen molar-refractivity contribution in [3.63, 3.8) is 0 Å². The molecule has 27 heavy (non-hydrogen) atoms. The van der Waals surface area contributed by atoms with Crippen molar-refractivity contribution in [3.05, 3.63) is 76.6 Å². The number of benzene rings is 1. The van der Waals surface area contributed by atoms with Gasteiger partial charge in [0.2, 0.25) is 0 Å². The molecular formula is C20H20FN5O. The lowest BCUT2D eigenvalue weighted by Crippen LogP contribution is -2.19. The van der Waals surface area contributed by atoms with E-state index in [1.807, 2.05) is 17.7 Å². The van der Waals surface area contributed by atoms with Crippen LogP contribution in [0.2, 0.25) is 0 Å². The molecule has 0 spiro atoms. The van der Waals surface area contributed by atoms with Crippen LogP contribution >= 0.6 is 0 Å². The van der Waals surface area contributed by atoms with Gasteiger partial charge < -0.3 is 4.57 Å². The monoisotopic (exact) mass is 365 g/mol. The molecule has 7 heteroatoms. The van der Waals surface area contributed by atoms with Gasteiger partial charge in [-0.05, 0) is 24.6 Å². The summed E-state index contributed by atoms with van der Waals surface area (Å²) in [4.78, 5) is 21.8. The van der Waals surface area contributed by atoms with Crippen molar-refractivity contribution in [1.82, 2.24) is 24.1 Å². The van der Waals surface area contributed by atoms with E-state index >= 15 is 0 Å². The van der Waals surface area contributed by atoms with Crippen LogP contribution in [-0.2, 0) is 0 Å². The van der Waals surface area contributed by atoms with Crippen LogP contribution in [0.1, 0.15) is 44.2 Å². The quantitative estimate of drug-likeness (QED) is 0.599. The Morgan fingerprint density at radius 2 is 1.89 bits per heavy atom. The average Bonchev–Trinajstić information content (AvgIpc) is 3.29. The van der Waals surface area contributed by atoms with Gasteiger partial charge in [-0.1, -0.05) is 26.0 Å². The molecule has 3 heterocycles. The van der Waals surface area contributed by atoms with Gasteiger partial charge in [0.1, 0.15) is 11.6 Å². The molecule has 6 nitrogen and oxygen atoms in total. The number of hydrogen-bond acceptors (Lipinski definition) is 3.